The second-order valence-electron chi connectivity index (χ2n) is 4.02. The van der Waals surface area contributed by atoms with E-state index >= 15 is 0 Å². The van der Waals surface area contributed by atoms with Crippen molar-refractivity contribution >= 4 is 16.5 Å². The van der Waals surface area contributed by atoms with Gasteiger partial charge in [-0.25, -0.2) is 9.78 Å². The molecule has 0 saturated heterocycles. The van der Waals surface area contributed by atoms with Crippen LogP contribution in [0.25, 0.3) is 0 Å². The zero-order valence-electron chi connectivity index (χ0n) is 10.4. The normalized spacial score (nSPS) is 10.6. The fourth-order valence-electron chi connectivity index (χ4n) is 1.53. The molecule has 6 nitrogen and oxygen atoms in total. The summed E-state index contributed by atoms with van der Waals surface area (Å²) in [4.78, 5) is 15.4. The van der Waals surface area contributed by atoms with Gasteiger partial charge in [0.25, 0.3) is 0 Å². The molecule has 2 aromatic rings. The Bertz CT molecular complexity index is 577. The molecule has 2 heterocycles. The summed E-state index contributed by atoms with van der Waals surface area (Å²) in [6.07, 6.45) is 4.37. The molecule has 7 heteroatoms. The second-order valence-corrected chi connectivity index (χ2v) is 4.77. The number of aromatic nitrogens is 4. The SMILES string of the molecule is CCCNc1snnc1Cn1cc(C)cnc1=O. The van der Waals surface area contributed by atoms with E-state index in [2.05, 4.69) is 26.8 Å². The van der Waals surface area contributed by atoms with Crippen molar-refractivity contribution in [2.75, 3.05) is 11.9 Å². The maximum Gasteiger partial charge on any atom is 0.347 e. The van der Waals surface area contributed by atoms with Crippen molar-refractivity contribution < 1.29 is 0 Å². The predicted octanol–water partition coefficient (Wildman–Crippen LogP) is 1.27. The molecule has 96 valence electrons. The zero-order valence-corrected chi connectivity index (χ0v) is 11.2. The number of hydrogen-bond donors (Lipinski definition) is 1. The van der Waals surface area contributed by atoms with Gasteiger partial charge in [0.05, 0.1) is 6.54 Å². The molecule has 2 rings (SSSR count). The molecule has 0 aliphatic carbocycles. The van der Waals surface area contributed by atoms with E-state index in [9.17, 15) is 4.79 Å². The number of rotatable bonds is 5. The van der Waals surface area contributed by atoms with Crippen molar-refractivity contribution in [1.29, 1.82) is 0 Å². The van der Waals surface area contributed by atoms with Gasteiger partial charge in [0.15, 0.2) is 0 Å². The van der Waals surface area contributed by atoms with Crippen LogP contribution in [0.5, 0.6) is 0 Å². The van der Waals surface area contributed by atoms with Crippen molar-refractivity contribution in [3.05, 3.63) is 34.1 Å². The Hall–Kier alpha value is -1.76. The van der Waals surface area contributed by atoms with Crippen LogP contribution in [-0.2, 0) is 6.54 Å². The molecule has 2 aromatic heterocycles. The number of anilines is 1. The first-order valence-corrected chi connectivity index (χ1v) is 6.56. The van der Waals surface area contributed by atoms with Crippen molar-refractivity contribution in [3.8, 4) is 0 Å². The predicted molar refractivity (Wildman–Crippen MR) is 71.0 cm³/mol. The summed E-state index contributed by atoms with van der Waals surface area (Å²) in [5, 5.41) is 8.23. The first-order chi connectivity index (χ1) is 8.70. The summed E-state index contributed by atoms with van der Waals surface area (Å²) in [6.45, 7) is 5.27. The van der Waals surface area contributed by atoms with Crippen LogP contribution in [-0.4, -0.2) is 25.7 Å². The van der Waals surface area contributed by atoms with Gasteiger partial charge in [-0.3, -0.25) is 4.57 Å². The lowest BCUT2D eigenvalue weighted by Crippen LogP contribution is -2.23. The first-order valence-electron chi connectivity index (χ1n) is 5.79. The van der Waals surface area contributed by atoms with Crippen molar-refractivity contribution in [2.45, 2.75) is 26.8 Å². The Balaban J connectivity index is 2.20. The van der Waals surface area contributed by atoms with E-state index in [1.54, 1.807) is 17.0 Å². The lowest BCUT2D eigenvalue weighted by atomic mass is 10.3. The molecule has 0 aliphatic heterocycles. The summed E-state index contributed by atoms with van der Waals surface area (Å²) in [6, 6.07) is 0. The maximum absolute atomic E-state index is 11.6. The average Bonchev–Trinajstić information content (AvgIpc) is 2.79. The van der Waals surface area contributed by atoms with E-state index in [4.69, 9.17) is 0 Å². The summed E-state index contributed by atoms with van der Waals surface area (Å²) in [5.74, 6) is 0. The third-order valence-electron chi connectivity index (χ3n) is 2.40. The van der Waals surface area contributed by atoms with Gasteiger partial charge in [-0.05, 0) is 18.9 Å². The van der Waals surface area contributed by atoms with E-state index < -0.39 is 0 Å². The molecular weight excluding hydrogens is 250 g/mol. The highest BCUT2D eigenvalue weighted by molar-refractivity contribution is 7.10. The number of nitrogens with one attached hydrogen (secondary N) is 1. The van der Waals surface area contributed by atoms with Gasteiger partial charge >= 0.3 is 5.69 Å². The minimum absolute atomic E-state index is 0.268. The average molecular weight is 265 g/mol. The first kappa shape index (κ1) is 12.7. The molecule has 0 radical (unpaired) electrons. The van der Waals surface area contributed by atoms with Crippen molar-refractivity contribution in [2.24, 2.45) is 0 Å². The molecule has 1 N–H and O–H groups in total. The van der Waals surface area contributed by atoms with Crippen LogP contribution in [0.2, 0.25) is 0 Å². The molecule has 0 saturated carbocycles. The number of hydrogen-bond acceptors (Lipinski definition) is 6. The molecule has 0 fully saturated rings. The second kappa shape index (κ2) is 5.72. The summed E-state index contributed by atoms with van der Waals surface area (Å²) in [7, 11) is 0. The molecule has 0 aliphatic rings. The van der Waals surface area contributed by atoms with E-state index in [1.807, 2.05) is 6.92 Å². The fourth-order valence-corrected chi connectivity index (χ4v) is 2.12. The summed E-state index contributed by atoms with van der Waals surface area (Å²) >= 11 is 1.31. The van der Waals surface area contributed by atoms with Crippen LogP contribution in [0.4, 0.5) is 5.00 Å². The maximum atomic E-state index is 11.6. The van der Waals surface area contributed by atoms with E-state index in [0.29, 0.717) is 6.54 Å². The Morgan fingerprint density at radius 3 is 3.11 bits per heavy atom. The molecule has 0 aromatic carbocycles. The Morgan fingerprint density at radius 2 is 2.33 bits per heavy atom. The number of nitrogens with zero attached hydrogens (tertiary/aromatic N) is 4. The van der Waals surface area contributed by atoms with Gasteiger partial charge in [-0.2, -0.15) is 0 Å². The van der Waals surface area contributed by atoms with Gasteiger partial charge in [-0.1, -0.05) is 11.4 Å². The summed E-state index contributed by atoms with van der Waals surface area (Å²) < 4.78 is 5.46. The minimum atomic E-state index is -0.268. The third-order valence-corrected chi connectivity index (χ3v) is 3.12. The highest BCUT2D eigenvalue weighted by Gasteiger charge is 2.09. The smallest absolute Gasteiger partial charge is 0.347 e. The minimum Gasteiger partial charge on any atom is -0.374 e. The fraction of sp³-hybridized carbons (Fsp3) is 0.455. The van der Waals surface area contributed by atoms with E-state index in [1.165, 1.54) is 11.5 Å². The molecule has 0 unspecified atom stereocenters. The topological polar surface area (TPSA) is 72.7 Å². The monoisotopic (exact) mass is 265 g/mol. The summed E-state index contributed by atoms with van der Waals surface area (Å²) in [5.41, 5.74) is 1.46. The highest BCUT2D eigenvalue weighted by atomic mass is 32.1. The highest BCUT2D eigenvalue weighted by Crippen LogP contribution is 2.18. The molecule has 0 amide bonds. The van der Waals surface area contributed by atoms with Gasteiger partial charge in [0.1, 0.15) is 10.7 Å². The Kier molecular flexibility index (Phi) is 4.03. The standard InChI is InChI=1S/C11H15N5OS/c1-3-4-12-10-9(14-15-18-10)7-16-6-8(2)5-13-11(16)17/h5-6,12H,3-4,7H2,1-2H3. The largest absolute Gasteiger partial charge is 0.374 e. The third kappa shape index (κ3) is 2.92. The van der Waals surface area contributed by atoms with Crippen LogP contribution in [0.15, 0.2) is 17.2 Å². The van der Waals surface area contributed by atoms with Crippen LogP contribution in [0.1, 0.15) is 24.6 Å². The van der Waals surface area contributed by atoms with E-state index in [-0.39, 0.29) is 5.69 Å². The molecule has 0 atom stereocenters. The van der Waals surface area contributed by atoms with Crippen LogP contribution < -0.4 is 11.0 Å². The Labute approximate surface area is 109 Å². The molecular formula is C11H15N5OS. The quantitative estimate of drug-likeness (QED) is 0.881. The lowest BCUT2D eigenvalue weighted by Gasteiger charge is -2.06. The van der Waals surface area contributed by atoms with Crippen LogP contribution >= 0.6 is 11.5 Å². The van der Waals surface area contributed by atoms with Crippen LogP contribution in [0.3, 0.4) is 0 Å². The van der Waals surface area contributed by atoms with Crippen molar-refractivity contribution in [1.82, 2.24) is 19.1 Å². The van der Waals surface area contributed by atoms with Gasteiger partial charge in [0.2, 0.25) is 0 Å². The van der Waals surface area contributed by atoms with Gasteiger partial charge < -0.3 is 5.32 Å². The lowest BCUT2D eigenvalue weighted by molar-refractivity contribution is 0.703. The molecule has 18 heavy (non-hydrogen) atoms. The number of aryl methyl sites for hydroxylation is 1. The molecule has 0 bridgehead atoms. The Morgan fingerprint density at radius 1 is 1.50 bits per heavy atom. The van der Waals surface area contributed by atoms with E-state index in [0.717, 1.165) is 29.2 Å². The molecule has 0 spiro atoms. The van der Waals surface area contributed by atoms with Crippen LogP contribution in [0, 0.1) is 6.92 Å². The van der Waals surface area contributed by atoms with Gasteiger partial charge in [0, 0.05) is 30.5 Å². The zero-order chi connectivity index (χ0) is 13.0. The van der Waals surface area contributed by atoms with Crippen molar-refractivity contribution in [3.63, 3.8) is 0 Å². The van der Waals surface area contributed by atoms with Gasteiger partial charge in [-0.15, -0.1) is 5.10 Å².